The Labute approximate surface area is 195 Å². The van der Waals surface area contributed by atoms with Crippen molar-refractivity contribution in [1.29, 1.82) is 0 Å². The van der Waals surface area contributed by atoms with Gasteiger partial charge < -0.3 is 0 Å². The number of carbonyl (C=O) groups excluding carboxylic acids is 1. The van der Waals surface area contributed by atoms with Gasteiger partial charge >= 0.3 is 196 Å². The summed E-state index contributed by atoms with van der Waals surface area (Å²) < 4.78 is -0.111. The molecular weight excluding hydrogens is 486 g/mol. The first kappa shape index (κ1) is 22.0. The molecule has 1 aromatic heterocycles. The van der Waals surface area contributed by atoms with E-state index in [2.05, 4.69) is 26.7 Å². The fourth-order valence-electron chi connectivity index (χ4n) is 4.61. The van der Waals surface area contributed by atoms with Crippen LogP contribution in [0.1, 0.15) is 48.2 Å². The molecule has 2 aliphatic rings. The van der Waals surface area contributed by atoms with Crippen molar-refractivity contribution in [2.24, 2.45) is 0 Å². The molecular formula is C21H25AsCl2N4O2. The standard InChI is InChI=1S/C21H25AsCl2N4O2/c1-12-8-17(30)19-18(12)21(26-11-25-19)28-6-4-27(5-7-28)20(14(22)10-29)13-2-3-15(23)16(24)9-13/h2-3,9-12,14,17,20,30H,4-8,22H2,1H3/t12-,14?,17+,20?/m1/s1. The topological polar surface area (TPSA) is 69.6 Å². The summed E-state index contributed by atoms with van der Waals surface area (Å²) in [5.41, 5.74) is 2.85. The van der Waals surface area contributed by atoms with Crippen LogP contribution in [0.2, 0.25) is 14.8 Å². The number of benzene rings is 1. The molecule has 0 saturated carbocycles. The molecule has 1 saturated heterocycles. The molecule has 1 aliphatic carbocycles. The SMILES string of the molecule is C[C@@H]1C[C@H](O)c2ncnc(N3CCN(C(c4ccc(Cl)c(Cl)c4)C([AsH2])C=O)CC3)c21. The fraction of sp³-hybridized carbons (Fsp3) is 0.476. The van der Waals surface area contributed by atoms with Gasteiger partial charge in [0, 0.05) is 0 Å². The molecule has 1 aliphatic heterocycles. The van der Waals surface area contributed by atoms with Crippen molar-refractivity contribution < 1.29 is 9.90 Å². The van der Waals surface area contributed by atoms with Gasteiger partial charge in [-0.2, -0.15) is 0 Å². The van der Waals surface area contributed by atoms with Crippen LogP contribution < -0.4 is 4.90 Å². The number of anilines is 1. The summed E-state index contributed by atoms with van der Waals surface area (Å²) in [5.74, 6) is 1.17. The molecule has 0 spiro atoms. The van der Waals surface area contributed by atoms with E-state index in [0.29, 0.717) is 16.5 Å². The molecule has 2 aromatic rings. The Bertz CT molecular complexity index is 939. The monoisotopic (exact) mass is 510 g/mol. The molecule has 160 valence electrons. The molecule has 9 heteroatoms. The first-order valence-electron chi connectivity index (χ1n) is 10.1. The summed E-state index contributed by atoms with van der Waals surface area (Å²) in [6.45, 7) is 5.31. The van der Waals surface area contributed by atoms with Gasteiger partial charge in [0.1, 0.15) is 0 Å². The summed E-state index contributed by atoms with van der Waals surface area (Å²) in [4.78, 5) is 25.2. The first-order chi connectivity index (χ1) is 14.4. The van der Waals surface area contributed by atoms with Gasteiger partial charge in [-0.3, -0.25) is 0 Å². The van der Waals surface area contributed by atoms with Crippen molar-refractivity contribution in [2.45, 2.75) is 36.1 Å². The third-order valence-corrected chi connectivity index (χ3v) is 7.93. The molecule has 0 amide bonds. The Morgan fingerprint density at radius 2 is 1.93 bits per heavy atom. The zero-order chi connectivity index (χ0) is 21.4. The van der Waals surface area contributed by atoms with Crippen LogP contribution in [0.15, 0.2) is 24.5 Å². The maximum absolute atomic E-state index is 11.7. The maximum atomic E-state index is 11.7. The van der Waals surface area contributed by atoms with Gasteiger partial charge in [-0.05, 0) is 0 Å². The summed E-state index contributed by atoms with van der Waals surface area (Å²) >= 11 is 13.8. The van der Waals surface area contributed by atoms with E-state index < -0.39 is 6.10 Å². The van der Waals surface area contributed by atoms with Crippen molar-refractivity contribution in [2.75, 3.05) is 31.1 Å². The van der Waals surface area contributed by atoms with Gasteiger partial charge in [-0.25, -0.2) is 0 Å². The van der Waals surface area contributed by atoms with E-state index in [9.17, 15) is 9.90 Å². The summed E-state index contributed by atoms with van der Waals surface area (Å²) in [6, 6.07) is 5.60. The predicted molar refractivity (Wildman–Crippen MR) is 121 cm³/mol. The number of aliphatic hydroxyl groups is 1. The van der Waals surface area contributed by atoms with Crippen molar-refractivity contribution >= 4 is 52.2 Å². The van der Waals surface area contributed by atoms with E-state index in [-0.39, 0.29) is 16.7 Å². The van der Waals surface area contributed by atoms with Crippen LogP contribution in [-0.4, -0.2) is 69.3 Å². The number of halogens is 2. The van der Waals surface area contributed by atoms with Crippen molar-refractivity contribution in [3.63, 3.8) is 0 Å². The molecule has 6 nitrogen and oxygen atoms in total. The minimum absolute atomic E-state index is 0.0312. The molecule has 3 unspecified atom stereocenters. The molecule has 0 bridgehead atoms. The Balaban J connectivity index is 1.55. The van der Waals surface area contributed by atoms with E-state index in [4.69, 9.17) is 23.2 Å². The number of fused-ring (bicyclic) bond motifs is 1. The Hall–Kier alpha value is -1.17. The average molecular weight is 511 g/mol. The number of hydrogen-bond acceptors (Lipinski definition) is 6. The van der Waals surface area contributed by atoms with Crippen LogP contribution in [0, 0.1) is 0 Å². The van der Waals surface area contributed by atoms with Crippen molar-refractivity contribution in [3.05, 3.63) is 51.4 Å². The second-order valence-electron chi connectivity index (χ2n) is 8.00. The van der Waals surface area contributed by atoms with E-state index in [1.165, 1.54) is 16.9 Å². The Kier molecular flexibility index (Phi) is 6.71. The van der Waals surface area contributed by atoms with Crippen LogP contribution in [0.3, 0.4) is 0 Å². The number of carbonyl (C=O) groups is 1. The molecule has 0 radical (unpaired) electrons. The molecule has 5 atom stereocenters. The summed E-state index contributed by atoms with van der Waals surface area (Å²) in [5, 5.41) is 11.3. The zero-order valence-corrected chi connectivity index (χ0v) is 20.6. The van der Waals surface area contributed by atoms with E-state index in [1.807, 2.05) is 12.1 Å². The molecule has 1 fully saturated rings. The van der Waals surface area contributed by atoms with E-state index >= 15 is 0 Å². The molecule has 4 rings (SSSR count). The number of aldehydes is 1. The fourth-order valence-corrected chi connectivity index (χ4v) is 5.90. The number of aliphatic hydroxyl groups excluding tert-OH is 1. The summed E-state index contributed by atoms with van der Waals surface area (Å²) in [6.07, 6.45) is 2.77. The molecule has 2 heterocycles. The van der Waals surface area contributed by atoms with Crippen LogP contribution in [0.25, 0.3) is 0 Å². The number of rotatable bonds is 5. The molecule has 1 N–H and O–H groups in total. The molecule has 1 aromatic carbocycles. The third kappa shape index (κ3) is 4.13. The van der Waals surface area contributed by atoms with Gasteiger partial charge in [0.05, 0.1) is 0 Å². The number of hydrogen-bond donors (Lipinski definition) is 1. The van der Waals surface area contributed by atoms with Gasteiger partial charge in [-0.1, -0.05) is 0 Å². The van der Waals surface area contributed by atoms with E-state index in [0.717, 1.165) is 55.1 Å². The van der Waals surface area contributed by atoms with Crippen molar-refractivity contribution in [3.8, 4) is 0 Å². The van der Waals surface area contributed by atoms with Crippen LogP contribution in [-0.2, 0) is 4.79 Å². The Morgan fingerprint density at radius 1 is 1.20 bits per heavy atom. The molecule has 30 heavy (non-hydrogen) atoms. The predicted octanol–water partition coefficient (Wildman–Crippen LogP) is 2.81. The number of piperazine rings is 1. The van der Waals surface area contributed by atoms with Crippen LogP contribution in [0.5, 0.6) is 0 Å². The van der Waals surface area contributed by atoms with Crippen LogP contribution in [0.4, 0.5) is 5.82 Å². The quantitative estimate of drug-likeness (QED) is 0.492. The Morgan fingerprint density at radius 3 is 2.60 bits per heavy atom. The third-order valence-electron chi connectivity index (χ3n) is 6.09. The number of nitrogens with zero attached hydrogens (tertiary/aromatic N) is 4. The van der Waals surface area contributed by atoms with Gasteiger partial charge in [0.15, 0.2) is 0 Å². The number of aromatic nitrogens is 2. The van der Waals surface area contributed by atoms with Crippen LogP contribution >= 0.6 is 23.2 Å². The normalized spacial score (nSPS) is 23.8. The zero-order valence-electron chi connectivity index (χ0n) is 16.7. The van der Waals surface area contributed by atoms with Gasteiger partial charge in [-0.15, -0.1) is 0 Å². The summed E-state index contributed by atoms with van der Waals surface area (Å²) in [7, 11) is 0. The van der Waals surface area contributed by atoms with E-state index in [1.54, 1.807) is 12.4 Å². The van der Waals surface area contributed by atoms with Gasteiger partial charge in [0.25, 0.3) is 0 Å². The van der Waals surface area contributed by atoms with Gasteiger partial charge in [0.2, 0.25) is 0 Å². The first-order valence-corrected chi connectivity index (χ1v) is 12.2. The van der Waals surface area contributed by atoms with Crippen molar-refractivity contribution in [1.82, 2.24) is 14.9 Å². The second-order valence-corrected chi connectivity index (χ2v) is 10.4. The minimum atomic E-state index is -0.507. The average Bonchev–Trinajstić information content (AvgIpc) is 3.05. The second kappa shape index (κ2) is 9.13.